The first-order valence-electron chi connectivity index (χ1n) is 7.36. The highest BCUT2D eigenvalue weighted by Gasteiger charge is 2.32. The molecule has 0 radical (unpaired) electrons. The van der Waals surface area contributed by atoms with Crippen molar-refractivity contribution in [1.82, 2.24) is 19.1 Å². The molecule has 7 heteroatoms. The molecule has 6 nitrogen and oxygen atoms in total. The number of likely N-dealkylation sites (N-methyl/N-ethyl adjacent to an activating group) is 1. The molecule has 0 aliphatic carbocycles. The second kappa shape index (κ2) is 6.48. The van der Waals surface area contributed by atoms with Crippen molar-refractivity contribution in [3.63, 3.8) is 0 Å². The van der Waals surface area contributed by atoms with Crippen LogP contribution in [-0.4, -0.2) is 62.0 Å². The molecular formula is C14H26N4O2S. The van der Waals surface area contributed by atoms with E-state index in [4.69, 9.17) is 0 Å². The minimum absolute atomic E-state index is 0.00421. The summed E-state index contributed by atoms with van der Waals surface area (Å²) in [5.74, 6) is 0. The molecule has 0 bridgehead atoms. The van der Waals surface area contributed by atoms with Gasteiger partial charge in [0.25, 0.3) is 0 Å². The van der Waals surface area contributed by atoms with Crippen molar-refractivity contribution in [2.24, 2.45) is 7.05 Å². The van der Waals surface area contributed by atoms with Crippen molar-refractivity contribution in [1.29, 1.82) is 0 Å². The molecule has 1 atom stereocenters. The van der Waals surface area contributed by atoms with Crippen molar-refractivity contribution in [2.75, 3.05) is 33.7 Å². The summed E-state index contributed by atoms with van der Waals surface area (Å²) in [6.45, 7) is 4.94. The largest absolute Gasteiger partial charge is 0.352 e. The topological polar surface area (TPSA) is 57.6 Å². The maximum atomic E-state index is 12.9. The second-order valence-electron chi connectivity index (χ2n) is 5.89. The zero-order chi connectivity index (χ0) is 15.6. The summed E-state index contributed by atoms with van der Waals surface area (Å²) < 4.78 is 29.3. The van der Waals surface area contributed by atoms with Gasteiger partial charge in [0.2, 0.25) is 10.0 Å². The maximum absolute atomic E-state index is 12.9. The summed E-state index contributed by atoms with van der Waals surface area (Å²) in [6.07, 6.45) is 2.58. The lowest BCUT2D eigenvalue weighted by Gasteiger charge is -2.26. The molecule has 1 aliphatic heterocycles. The van der Waals surface area contributed by atoms with Gasteiger partial charge >= 0.3 is 0 Å². The number of nitrogens with one attached hydrogen (secondary N) is 1. The summed E-state index contributed by atoms with van der Waals surface area (Å²) in [4.78, 5) is 2.59. The molecule has 1 aliphatic rings. The molecule has 0 amide bonds. The van der Waals surface area contributed by atoms with E-state index in [9.17, 15) is 8.42 Å². The maximum Gasteiger partial charge on any atom is 0.244 e. The highest BCUT2D eigenvalue weighted by atomic mass is 32.2. The Labute approximate surface area is 127 Å². The van der Waals surface area contributed by atoms with Crippen LogP contribution in [0.25, 0.3) is 0 Å². The predicted molar refractivity (Wildman–Crippen MR) is 83.6 cm³/mol. The van der Waals surface area contributed by atoms with Crippen molar-refractivity contribution in [2.45, 2.75) is 30.8 Å². The SMILES string of the molecule is CNCc1cc(S(=O)(=O)N2CCCN(C)CC2C)cn1C. The smallest absolute Gasteiger partial charge is 0.244 e. The first kappa shape index (κ1) is 16.5. The third-order valence-corrected chi connectivity index (χ3v) is 6.01. The van der Waals surface area contributed by atoms with Crippen molar-refractivity contribution in [3.05, 3.63) is 18.0 Å². The van der Waals surface area contributed by atoms with Crippen molar-refractivity contribution >= 4 is 10.0 Å². The highest BCUT2D eigenvalue weighted by Crippen LogP contribution is 2.22. The number of aromatic nitrogens is 1. The molecule has 1 N–H and O–H groups in total. The Morgan fingerprint density at radius 3 is 2.71 bits per heavy atom. The summed E-state index contributed by atoms with van der Waals surface area (Å²) >= 11 is 0. The zero-order valence-electron chi connectivity index (χ0n) is 13.3. The average Bonchev–Trinajstić information content (AvgIpc) is 2.67. The van der Waals surface area contributed by atoms with Gasteiger partial charge in [-0.3, -0.25) is 0 Å². The normalized spacial score (nSPS) is 22.4. The number of rotatable bonds is 4. The molecule has 0 spiro atoms. The van der Waals surface area contributed by atoms with Crippen LogP contribution in [0.2, 0.25) is 0 Å². The van der Waals surface area contributed by atoms with Crippen molar-refractivity contribution < 1.29 is 8.42 Å². The van der Waals surface area contributed by atoms with Gasteiger partial charge in [-0.1, -0.05) is 0 Å². The average molecular weight is 314 g/mol. The fraction of sp³-hybridized carbons (Fsp3) is 0.714. The fourth-order valence-electron chi connectivity index (χ4n) is 2.92. The van der Waals surface area contributed by atoms with Crippen LogP contribution in [0.4, 0.5) is 0 Å². The van der Waals surface area contributed by atoms with Gasteiger partial charge in [-0.25, -0.2) is 8.42 Å². The molecule has 2 heterocycles. The summed E-state index contributed by atoms with van der Waals surface area (Å²) in [5, 5.41) is 3.06. The molecule has 1 unspecified atom stereocenters. The van der Waals surface area contributed by atoms with Crippen LogP contribution in [-0.2, 0) is 23.6 Å². The number of sulfonamides is 1. The van der Waals surface area contributed by atoms with Gasteiger partial charge in [0, 0.05) is 44.6 Å². The van der Waals surface area contributed by atoms with E-state index in [2.05, 4.69) is 10.2 Å². The minimum Gasteiger partial charge on any atom is -0.352 e. The Bertz CT molecular complexity index is 582. The third-order valence-electron chi connectivity index (χ3n) is 4.03. The molecule has 120 valence electrons. The molecular weight excluding hydrogens is 288 g/mol. The number of aryl methyl sites for hydroxylation is 1. The van der Waals surface area contributed by atoms with Gasteiger partial charge in [0.1, 0.15) is 4.90 Å². The van der Waals surface area contributed by atoms with Gasteiger partial charge in [-0.15, -0.1) is 0 Å². The standard InChI is InChI=1S/C14H26N4O2S/c1-12-10-16(3)6-5-7-18(12)21(19,20)14-8-13(9-15-2)17(4)11-14/h8,11-12,15H,5-7,9-10H2,1-4H3. The monoisotopic (exact) mass is 314 g/mol. The zero-order valence-corrected chi connectivity index (χ0v) is 14.2. The first-order valence-corrected chi connectivity index (χ1v) is 8.80. The van der Waals surface area contributed by atoms with Gasteiger partial charge < -0.3 is 14.8 Å². The minimum atomic E-state index is -3.42. The van der Waals surface area contributed by atoms with E-state index in [-0.39, 0.29) is 6.04 Å². The van der Waals surface area contributed by atoms with Gasteiger partial charge in [0.15, 0.2) is 0 Å². The number of hydrogen-bond acceptors (Lipinski definition) is 4. The van der Waals surface area contributed by atoms with E-state index in [1.165, 1.54) is 0 Å². The molecule has 0 aromatic carbocycles. The van der Waals surface area contributed by atoms with Crippen LogP contribution >= 0.6 is 0 Å². The first-order chi connectivity index (χ1) is 9.86. The molecule has 2 rings (SSSR count). The van der Waals surface area contributed by atoms with E-state index in [1.807, 2.05) is 32.6 Å². The number of hydrogen-bond donors (Lipinski definition) is 1. The van der Waals surface area contributed by atoms with E-state index in [1.54, 1.807) is 16.6 Å². The van der Waals surface area contributed by atoms with Crippen LogP contribution in [0.1, 0.15) is 19.0 Å². The van der Waals surface area contributed by atoms with Gasteiger partial charge in [-0.05, 0) is 40.1 Å². The molecule has 1 aromatic rings. The Balaban J connectivity index is 2.30. The van der Waals surface area contributed by atoms with Gasteiger partial charge in [0.05, 0.1) is 0 Å². The lowest BCUT2D eigenvalue weighted by atomic mass is 10.3. The van der Waals surface area contributed by atoms with Crippen LogP contribution in [0.5, 0.6) is 0 Å². The number of nitrogens with zero attached hydrogens (tertiary/aromatic N) is 3. The lowest BCUT2D eigenvalue weighted by molar-refractivity contribution is 0.290. The highest BCUT2D eigenvalue weighted by molar-refractivity contribution is 7.89. The fourth-order valence-corrected chi connectivity index (χ4v) is 4.67. The van der Waals surface area contributed by atoms with E-state index in [0.717, 1.165) is 25.2 Å². The van der Waals surface area contributed by atoms with Crippen LogP contribution in [0.3, 0.4) is 0 Å². The predicted octanol–water partition coefficient (Wildman–Crippen LogP) is 0.459. The summed E-state index contributed by atoms with van der Waals surface area (Å²) in [6, 6.07) is 1.77. The van der Waals surface area contributed by atoms with Crippen LogP contribution in [0, 0.1) is 0 Å². The summed E-state index contributed by atoms with van der Waals surface area (Å²) in [5.41, 5.74) is 0.968. The van der Waals surface area contributed by atoms with E-state index < -0.39 is 10.0 Å². The third kappa shape index (κ3) is 3.48. The molecule has 1 saturated heterocycles. The lowest BCUT2D eigenvalue weighted by Crippen LogP contribution is -2.41. The Kier molecular flexibility index (Phi) is 5.08. The molecule has 1 fully saturated rings. The van der Waals surface area contributed by atoms with Crippen molar-refractivity contribution in [3.8, 4) is 0 Å². The molecule has 1 aromatic heterocycles. The molecule has 21 heavy (non-hydrogen) atoms. The Morgan fingerprint density at radius 1 is 1.33 bits per heavy atom. The molecule has 0 saturated carbocycles. The quantitative estimate of drug-likeness (QED) is 0.877. The Hall–Kier alpha value is -0.890. The van der Waals surface area contributed by atoms with Gasteiger partial charge in [-0.2, -0.15) is 4.31 Å². The second-order valence-corrected chi connectivity index (χ2v) is 7.78. The van der Waals surface area contributed by atoms with Crippen LogP contribution < -0.4 is 5.32 Å². The van der Waals surface area contributed by atoms with E-state index in [0.29, 0.717) is 18.0 Å². The Morgan fingerprint density at radius 2 is 2.05 bits per heavy atom. The summed E-state index contributed by atoms with van der Waals surface area (Å²) in [7, 11) is 2.36. The van der Waals surface area contributed by atoms with Crippen LogP contribution in [0.15, 0.2) is 17.2 Å². The van der Waals surface area contributed by atoms with E-state index >= 15 is 0 Å².